The maximum absolute atomic E-state index is 11.4. The van der Waals surface area contributed by atoms with Gasteiger partial charge in [0.25, 0.3) is 5.69 Å². The molecule has 0 atom stereocenters. The van der Waals surface area contributed by atoms with Gasteiger partial charge in [0.2, 0.25) is 0 Å². The predicted octanol–water partition coefficient (Wildman–Crippen LogP) is 3.84. The van der Waals surface area contributed by atoms with Crippen molar-refractivity contribution in [3.05, 3.63) is 63.8 Å². The Labute approximate surface area is 137 Å². The van der Waals surface area contributed by atoms with Crippen molar-refractivity contribution in [2.24, 2.45) is 7.05 Å². The summed E-state index contributed by atoms with van der Waals surface area (Å²) in [4.78, 5) is 21.6. The highest BCUT2D eigenvalue weighted by Gasteiger charge is 2.16. The lowest BCUT2D eigenvalue weighted by molar-refractivity contribution is -0.384. The maximum Gasteiger partial charge on any atom is 0.338 e. The summed E-state index contributed by atoms with van der Waals surface area (Å²) in [6.07, 6.45) is 0. The van der Waals surface area contributed by atoms with E-state index in [9.17, 15) is 20.0 Å². The summed E-state index contributed by atoms with van der Waals surface area (Å²) < 4.78 is 2.06. The number of hydrogen-bond acceptors (Lipinski definition) is 4. The monoisotopic (exact) mass is 325 g/mol. The summed E-state index contributed by atoms with van der Waals surface area (Å²) in [7, 11) is 1.98. The number of hydrogen-bond donors (Lipinski definition) is 2. The van der Waals surface area contributed by atoms with Crippen LogP contribution in [0.4, 0.5) is 17.1 Å². The van der Waals surface area contributed by atoms with E-state index in [0.717, 1.165) is 22.7 Å². The van der Waals surface area contributed by atoms with Crippen LogP contribution in [0.5, 0.6) is 0 Å². The number of carbonyl (C=O) groups is 1. The van der Waals surface area contributed by atoms with Crippen molar-refractivity contribution in [3.8, 4) is 0 Å². The number of nitro benzene ring substituents is 1. The van der Waals surface area contributed by atoms with E-state index >= 15 is 0 Å². The topological polar surface area (TPSA) is 97.4 Å². The summed E-state index contributed by atoms with van der Waals surface area (Å²) in [5.41, 5.74) is 2.80. The number of aromatic carboxylic acids is 1. The van der Waals surface area contributed by atoms with Crippen molar-refractivity contribution in [2.45, 2.75) is 6.92 Å². The van der Waals surface area contributed by atoms with Crippen LogP contribution in [-0.2, 0) is 7.05 Å². The van der Waals surface area contributed by atoms with Gasteiger partial charge in [-0.25, -0.2) is 4.79 Å². The van der Waals surface area contributed by atoms with E-state index in [1.807, 2.05) is 38.2 Å². The Morgan fingerprint density at radius 2 is 1.96 bits per heavy atom. The third-order valence-corrected chi connectivity index (χ3v) is 4.01. The van der Waals surface area contributed by atoms with Gasteiger partial charge < -0.3 is 15.0 Å². The molecule has 0 radical (unpaired) electrons. The number of aryl methyl sites for hydroxylation is 2. The molecule has 7 heteroatoms. The number of rotatable bonds is 4. The number of aromatic nitrogens is 1. The lowest BCUT2D eigenvalue weighted by Crippen LogP contribution is -2.04. The lowest BCUT2D eigenvalue weighted by atomic mass is 10.1. The van der Waals surface area contributed by atoms with Crippen molar-refractivity contribution in [2.75, 3.05) is 5.32 Å². The fourth-order valence-electron chi connectivity index (χ4n) is 2.65. The Balaban J connectivity index is 2.01. The highest BCUT2D eigenvalue weighted by molar-refractivity contribution is 5.96. The fourth-order valence-corrected chi connectivity index (χ4v) is 2.65. The lowest BCUT2D eigenvalue weighted by Gasteiger charge is -2.10. The summed E-state index contributed by atoms with van der Waals surface area (Å²) in [5.74, 6) is -1.22. The number of non-ortho nitro benzene ring substituents is 1. The van der Waals surface area contributed by atoms with E-state index in [4.69, 9.17) is 0 Å². The largest absolute Gasteiger partial charge is 0.478 e. The number of nitrogens with one attached hydrogen (secondary N) is 1. The van der Waals surface area contributed by atoms with Crippen LogP contribution < -0.4 is 5.32 Å². The molecule has 0 saturated carbocycles. The smallest absolute Gasteiger partial charge is 0.338 e. The Hall–Kier alpha value is -3.35. The number of nitrogens with zero attached hydrogens (tertiary/aromatic N) is 2. The predicted molar refractivity (Wildman–Crippen MR) is 91.0 cm³/mol. The fraction of sp³-hybridized carbons (Fsp3) is 0.118. The molecule has 122 valence electrons. The second-order valence-electron chi connectivity index (χ2n) is 5.54. The third-order valence-electron chi connectivity index (χ3n) is 4.01. The SMILES string of the molecule is Cc1cc2cc(Nc3ccc([N+](=O)[O-])cc3C(=O)O)ccc2n1C. The molecule has 0 aliphatic heterocycles. The van der Waals surface area contributed by atoms with Crippen LogP contribution in [0.2, 0.25) is 0 Å². The minimum Gasteiger partial charge on any atom is -0.478 e. The minimum atomic E-state index is -1.22. The number of anilines is 2. The van der Waals surface area contributed by atoms with Gasteiger partial charge in [-0.15, -0.1) is 0 Å². The molecule has 0 amide bonds. The van der Waals surface area contributed by atoms with Crippen molar-refractivity contribution in [1.82, 2.24) is 4.57 Å². The third kappa shape index (κ3) is 2.67. The number of carboxylic acids is 1. The van der Waals surface area contributed by atoms with E-state index < -0.39 is 10.9 Å². The van der Waals surface area contributed by atoms with Crippen LogP contribution in [-0.4, -0.2) is 20.6 Å². The van der Waals surface area contributed by atoms with E-state index in [0.29, 0.717) is 11.4 Å². The molecule has 0 bridgehead atoms. The highest BCUT2D eigenvalue weighted by Crippen LogP contribution is 2.28. The molecule has 0 fully saturated rings. The molecule has 2 N–H and O–H groups in total. The van der Waals surface area contributed by atoms with Gasteiger partial charge in [-0.3, -0.25) is 10.1 Å². The Bertz CT molecular complexity index is 975. The summed E-state index contributed by atoms with van der Waals surface area (Å²) in [6.45, 7) is 2.01. The average molecular weight is 325 g/mol. The first-order chi connectivity index (χ1) is 11.4. The normalized spacial score (nSPS) is 10.8. The van der Waals surface area contributed by atoms with Crippen molar-refractivity contribution in [1.29, 1.82) is 0 Å². The Morgan fingerprint density at radius 1 is 1.21 bits per heavy atom. The zero-order valence-corrected chi connectivity index (χ0v) is 13.1. The quantitative estimate of drug-likeness (QED) is 0.561. The number of fused-ring (bicyclic) bond motifs is 1. The molecule has 0 saturated heterocycles. The van der Waals surface area contributed by atoms with Gasteiger partial charge in [-0.1, -0.05) is 0 Å². The van der Waals surface area contributed by atoms with Crippen LogP contribution >= 0.6 is 0 Å². The van der Waals surface area contributed by atoms with E-state index in [-0.39, 0.29) is 11.3 Å². The highest BCUT2D eigenvalue weighted by atomic mass is 16.6. The standard InChI is InChI=1S/C17H15N3O4/c1-10-7-11-8-12(3-6-16(11)19(10)2)18-15-5-4-13(20(23)24)9-14(15)17(21)22/h3-9,18H,1-2H3,(H,21,22). The maximum atomic E-state index is 11.4. The molecular weight excluding hydrogens is 310 g/mol. The molecule has 1 aromatic heterocycles. The van der Waals surface area contributed by atoms with Crippen LogP contribution in [0.3, 0.4) is 0 Å². The summed E-state index contributed by atoms with van der Waals surface area (Å²) in [5, 5.41) is 24.2. The zero-order chi connectivity index (χ0) is 17.4. The molecule has 0 spiro atoms. The molecule has 7 nitrogen and oxygen atoms in total. The molecule has 24 heavy (non-hydrogen) atoms. The van der Waals surface area contributed by atoms with Crippen LogP contribution in [0.25, 0.3) is 10.9 Å². The van der Waals surface area contributed by atoms with Gasteiger partial charge >= 0.3 is 5.97 Å². The average Bonchev–Trinajstić information content (AvgIpc) is 2.81. The summed E-state index contributed by atoms with van der Waals surface area (Å²) >= 11 is 0. The van der Waals surface area contributed by atoms with Crippen molar-refractivity contribution in [3.63, 3.8) is 0 Å². The van der Waals surface area contributed by atoms with Gasteiger partial charge in [0.1, 0.15) is 0 Å². The van der Waals surface area contributed by atoms with Crippen molar-refractivity contribution < 1.29 is 14.8 Å². The molecule has 0 unspecified atom stereocenters. The Morgan fingerprint density at radius 3 is 2.62 bits per heavy atom. The van der Waals surface area contributed by atoms with Crippen LogP contribution in [0.15, 0.2) is 42.5 Å². The van der Waals surface area contributed by atoms with Crippen LogP contribution in [0.1, 0.15) is 16.1 Å². The Kier molecular flexibility index (Phi) is 3.69. The zero-order valence-electron chi connectivity index (χ0n) is 13.1. The van der Waals surface area contributed by atoms with Crippen LogP contribution in [0, 0.1) is 17.0 Å². The van der Waals surface area contributed by atoms with Gasteiger partial charge in [-0.05, 0) is 37.3 Å². The number of benzene rings is 2. The van der Waals surface area contributed by atoms with E-state index in [1.165, 1.54) is 12.1 Å². The molecule has 0 aliphatic rings. The molecule has 2 aromatic carbocycles. The molecule has 0 aliphatic carbocycles. The number of nitro groups is 1. The van der Waals surface area contributed by atoms with Crippen molar-refractivity contribution >= 4 is 33.9 Å². The van der Waals surface area contributed by atoms with Gasteiger partial charge in [-0.2, -0.15) is 0 Å². The van der Waals surface area contributed by atoms with E-state index in [2.05, 4.69) is 9.88 Å². The van der Waals surface area contributed by atoms with Gasteiger partial charge in [0.05, 0.1) is 16.2 Å². The molecule has 3 aromatic rings. The minimum absolute atomic E-state index is 0.145. The van der Waals surface area contributed by atoms with Gasteiger partial charge in [0, 0.05) is 41.5 Å². The molecular formula is C17H15N3O4. The van der Waals surface area contributed by atoms with E-state index in [1.54, 1.807) is 0 Å². The molecule has 3 rings (SSSR count). The first-order valence-electron chi connectivity index (χ1n) is 7.21. The van der Waals surface area contributed by atoms with Gasteiger partial charge in [0.15, 0.2) is 0 Å². The summed E-state index contributed by atoms with van der Waals surface area (Å²) in [6, 6.07) is 11.5. The second kappa shape index (κ2) is 5.69. The molecule has 1 heterocycles. The second-order valence-corrected chi connectivity index (χ2v) is 5.54. The first kappa shape index (κ1) is 15.5. The number of carboxylic acid groups (broad SMARTS) is 1. The first-order valence-corrected chi connectivity index (χ1v) is 7.21.